The molecule has 0 spiro atoms. The number of carbonyl (C=O) groups excluding carboxylic acids is 3. The first-order valence-corrected chi connectivity index (χ1v) is 26.2. The third-order valence-electron chi connectivity index (χ3n) is 10.4. The summed E-state index contributed by atoms with van der Waals surface area (Å²) in [6, 6.07) is 0. The highest BCUT2D eigenvalue weighted by atomic mass is 16.6. The Morgan fingerprint density at radius 1 is 0.318 bits per heavy atom. The van der Waals surface area contributed by atoms with Crippen LogP contribution in [0.4, 0.5) is 0 Å². The Morgan fingerprint density at radius 2 is 0.621 bits per heavy atom. The van der Waals surface area contributed by atoms with Crippen molar-refractivity contribution >= 4 is 17.9 Å². The molecule has 0 saturated carbocycles. The monoisotopic (exact) mass is 911 g/mol. The summed E-state index contributed by atoms with van der Waals surface area (Å²) in [4.78, 5) is 37.5. The van der Waals surface area contributed by atoms with Gasteiger partial charge in [0.2, 0.25) is 0 Å². The van der Waals surface area contributed by atoms with Crippen LogP contribution in [0.1, 0.15) is 207 Å². The third kappa shape index (κ3) is 50.5. The van der Waals surface area contributed by atoms with Gasteiger partial charge in [-0.25, -0.2) is 0 Å². The Labute approximate surface area is 405 Å². The van der Waals surface area contributed by atoms with Gasteiger partial charge in [0.15, 0.2) is 6.10 Å². The van der Waals surface area contributed by atoms with Gasteiger partial charge in [-0.05, 0) is 116 Å². The van der Waals surface area contributed by atoms with E-state index in [-0.39, 0.29) is 31.1 Å². The minimum absolute atomic E-state index is 0.0997. The lowest BCUT2D eigenvalue weighted by Crippen LogP contribution is -2.30. The number of rotatable bonds is 45. The molecule has 1 atom stereocenters. The van der Waals surface area contributed by atoms with Gasteiger partial charge in [0, 0.05) is 19.3 Å². The molecule has 0 bridgehead atoms. The molecule has 6 nitrogen and oxygen atoms in total. The fraction of sp³-hybridized carbons (Fsp3) is 0.583. The Morgan fingerprint density at radius 3 is 1.03 bits per heavy atom. The van der Waals surface area contributed by atoms with E-state index in [4.69, 9.17) is 14.2 Å². The van der Waals surface area contributed by atoms with E-state index in [1.807, 2.05) is 0 Å². The molecule has 0 aliphatic carbocycles. The molecule has 0 radical (unpaired) electrons. The summed E-state index contributed by atoms with van der Waals surface area (Å²) in [6.45, 7) is 6.30. The molecule has 0 amide bonds. The van der Waals surface area contributed by atoms with E-state index in [2.05, 4.69) is 154 Å². The van der Waals surface area contributed by atoms with Gasteiger partial charge < -0.3 is 14.2 Å². The Kier molecular flexibility index (Phi) is 49.6. The molecule has 0 saturated heterocycles. The van der Waals surface area contributed by atoms with Crippen LogP contribution in [-0.4, -0.2) is 37.2 Å². The molecule has 0 aliphatic rings. The van der Waals surface area contributed by atoms with E-state index in [0.29, 0.717) is 25.7 Å². The molecular weight excluding hydrogens is 817 g/mol. The van der Waals surface area contributed by atoms with Crippen molar-refractivity contribution in [2.24, 2.45) is 0 Å². The second kappa shape index (κ2) is 53.2. The van der Waals surface area contributed by atoms with E-state index in [1.165, 1.54) is 12.8 Å². The van der Waals surface area contributed by atoms with Gasteiger partial charge in [-0.1, -0.05) is 206 Å². The van der Waals surface area contributed by atoms with Crippen molar-refractivity contribution in [2.75, 3.05) is 13.2 Å². The Hall–Kier alpha value is -4.45. The average molecular weight is 911 g/mol. The van der Waals surface area contributed by atoms with Gasteiger partial charge in [0.25, 0.3) is 0 Å². The molecule has 1 unspecified atom stereocenters. The summed E-state index contributed by atoms with van der Waals surface area (Å²) in [6.07, 6.45) is 75.0. The molecular formula is C60H94O6. The molecule has 0 fully saturated rings. The number of allylic oxidation sites excluding steroid dienone is 22. The SMILES string of the molecule is CC/C=C\C/C=C\C/C=C\C/C=C\C/C=C\C/C=C\C/C=C\C/C=C\C/C=C\C/C=C\CCCCC(=O)OCC(COC(=O)CCCCCCC)OC(=O)CCCCCCC/C=C\CCC. The van der Waals surface area contributed by atoms with E-state index >= 15 is 0 Å². The fourth-order valence-corrected chi connectivity index (χ4v) is 6.47. The topological polar surface area (TPSA) is 78.9 Å². The largest absolute Gasteiger partial charge is 0.462 e. The Bertz CT molecular complexity index is 1460. The average Bonchev–Trinajstić information content (AvgIpc) is 3.31. The quantitative estimate of drug-likeness (QED) is 0.0262. The van der Waals surface area contributed by atoms with E-state index in [1.54, 1.807) is 0 Å². The maximum absolute atomic E-state index is 12.6. The van der Waals surface area contributed by atoms with Gasteiger partial charge >= 0.3 is 17.9 Å². The molecule has 0 aromatic rings. The van der Waals surface area contributed by atoms with Crippen LogP contribution in [0.2, 0.25) is 0 Å². The van der Waals surface area contributed by atoms with Crippen LogP contribution in [0.25, 0.3) is 0 Å². The lowest BCUT2D eigenvalue weighted by atomic mass is 10.1. The highest BCUT2D eigenvalue weighted by Crippen LogP contribution is 2.12. The maximum atomic E-state index is 12.6. The highest BCUT2D eigenvalue weighted by Gasteiger charge is 2.19. The first-order chi connectivity index (χ1) is 32.5. The maximum Gasteiger partial charge on any atom is 0.306 e. The van der Waals surface area contributed by atoms with Crippen LogP contribution in [-0.2, 0) is 28.6 Å². The summed E-state index contributed by atoms with van der Waals surface area (Å²) in [5.74, 6) is -0.983. The zero-order valence-corrected chi connectivity index (χ0v) is 42.1. The van der Waals surface area contributed by atoms with Crippen molar-refractivity contribution in [1.29, 1.82) is 0 Å². The molecule has 0 rings (SSSR count). The molecule has 370 valence electrons. The molecule has 6 heteroatoms. The molecule has 66 heavy (non-hydrogen) atoms. The summed E-state index contributed by atoms with van der Waals surface area (Å²) < 4.78 is 16.5. The lowest BCUT2D eigenvalue weighted by molar-refractivity contribution is -0.167. The highest BCUT2D eigenvalue weighted by molar-refractivity contribution is 5.71. The van der Waals surface area contributed by atoms with Gasteiger partial charge in [-0.15, -0.1) is 0 Å². The minimum Gasteiger partial charge on any atom is -0.462 e. The molecule has 0 aliphatic heterocycles. The van der Waals surface area contributed by atoms with Crippen LogP contribution in [0.15, 0.2) is 134 Å². The second-order valence-electron chi connectivity index (χ2n) is 16.7. The smallest absolute Gasteiger partial charge is 0.306 e. The predicted molar refractivity (Wildman–Crippen MR) is 283 cm³/mol. The molecule has 0 N–H and O–H groups in total. The second-order valence-corrected chi connectivity index (χ2v) is 16.7. The van der Waals surface area contributed by atoms with Crippen molar-refractivity contribution in [3.05, 3.63) is 134 Å². The zero-order chi connectivity index (χ0) is 47.9. The van der Waals surface area contributed by atoms with Gasteiger partial charge in [0.05, 0.1) is 0 Å². The summed E-state index contributed by atoms with van der Waals surface area (Å²) in [5, 5.41) is 0. The number of carbonyl (C=O) groups is 3. The number of hydrogen-bond donors (Lipinski definition) is 0. The standard InChI is InChI=1S/C60H94O6/c1-4-7-10-13-15-17-19-20-21-22-23-24-25-26-27-28-29-30-31-32-33-34-35-36-37-38-39-40-41-43-44-47-50-53-59(62)65-56-57(55-64-58(61)52-49-46-12-9-6-3)66-60(63)54-51-48-45-42-18-16-14-11-8-5-2/h7,10-11,14-15,17,20-21,23-24,26-27,29-30,32-33,35-36,38-39,41,43,57H,4-6,8-9,12-13,16,18-19,22,25,28,31,34,37,40,42,44-56H2,1-3H3/b10-7-,14-11-,17-15-,21-20-,24-23-,27-26-,30-29-,33-32-,36-35-,39-38-,43-41-. The number of unbranched alkanes of at least 4 members (excludes halogenated alkanes) is 12. The van der Waals surface area contributed by atoms with E-state index in [0.717, 1.165) is 148 Å². The van der Waals surface area contributed by atoms with E-state index < -0.39 is 6.10 Å². The van der Waals surface area contributed by atoms with Crippen molar-refractivity contribution in [3.63, 3.8) is 0 Å². The predicted octanol–water partition coefficient (Wildman–Crippen LogP) is 17.5. The van der Waals surface area contributed by atoms with Crippen LogP contribution in [0.3, 0.4) is 0 Å². The zero-order valence-electron chi connectivity index (χ0n) is 42.1. The third-order valence-corrected chi connectivity index (χ3v) is 10.4. The van der Waals surface area contributed by atoms with Crippen LogP contribution in [0, 0.1) is 0 Å². The minimum atomic E-state index is -0.798. The van der Waals surface area contributed by atoms with Crippen LogP contribution < -0.4 is 0 Å². The summed E-state index contributed by atoms with van der Waals surface area (Å²) in [5.41, 5.74) is 0. The van der Waals surface area contributed by atoms with Gasteiger partial charge in [-0.3, -0.25) is 14.4 Å². The number of hydrogen-bond acceptors (Lipinski definition) is 6. The van der Waals surface area contributed by atoms with Gasteiger partial charge in [-0.2, -0.15) is 0 Å². The summed E-state index contributed by atoms with van der Waals surface area (Å²) >= 11 is 0. The van der Waals surface area contributed by atoms with Crippen LogP contribution in [0.5, 0.6) is 0 Å². The first-order valence-electron chi connectivity index (χ1n) is 26.2. The summed E-state index contributed by atoms with van der Waals surface area (Å²) in [7, 11) is 0. The normalized spacial score (nSPS) is 13.2. The first kappa shape index (κ1) is 61.5. The van der Waals surface area contributed by atoms with Gasteiger partial charge in [0.1, 0.15) is 13.2 Å². The lowest BCUT2D eigenvalue weighted by Gasteiger charge is -2.18. The number of esters is 3. The van der Waals surface area contributed by atoms with Crippen molar-refractivity contribution in [2.45, 2.75) is 213 Å². The molecule has 0 aromatic heterocycles. The van der Waals surface area contributed by atoms with E-state index in [9.17, 15) is 14.4 Å². The fourth-order valence-electron chi connectivity index (χ4n) is 6.47. The van der Waals surface area contributed by atoms with Crippen molar-refractivity contribution in [1.82, 2.24) is 0 Å². The Balaban J connectivity index is 4.16. The number of ether oxygens (including phenoxy) is 3. The molecule has 0 aromatic carbocycles. The molecule has 0 heterocycles. The van der Waals surface area contributed by atoms with Crippen molar-refractivity contribution < 1.29 is 28.6 Å². The van der Waals surface area contributed by atoms with Crippen LogP contribution >= 0.6 is 0 Å². The van der Waals surface area contributed by atoms with Crippen molar-refractivity contribution in [3.8, 4) is 0 Å².